The summed E-state index contributed by atoms with van der Waals surface area (Å²) in [4.78, 5) is 14.8. The normalized spacial score (nSPS) is 19.6. The molecule has 0 bridgehead atoms. The molecule has 1 fully saturated rings. The smallest absolute Gasteiger partial charge is 0.233 e. The minimum absolute atomic E-state index is 0.0598. The summed E-state index contributed by atoms with van der Waals surface area (Å²) in [5.74, 6) is 0.333. The third-order valence-electron chi connectivity index (χ3n) is 4.39. The van der Waals surface area contributed by atoms with E-state index in [4.69, 9.17) is 0 Å². The van der Waals surface area contributed by atoms with E-state index in [1.54, 1.807) is 23.3 Å². The van der Waals surface area contributed by atoms with Crippen molar-refractivity contribution in [2.24, 2.45) is 0 Å². The number of benzene rings is 1. The monoisotopic (exact) mass is 396 g/mol. The highest BCUT2D eigenvalue weighted by molar-refractivity contribution is 7.99. The number of amides is 1. The minimum Gasteiger partial charge on any atom is -0.341 e. The molecule has 1 unspecified atom stereocenters. The van der Waals surface area contributed by atoms with Crippen molar-refractivity contribution in [2.75, 3.05) is 24.3 Å². The fourth-order valence-electron chi connectivity index (χ4n) is 2.96. The van der Waals surface area contributed by atoms with Crippen molar-refractivity contribution in [3.8, 4) is 0 Å². The number of fused-ring (bicyclic) bond motifs is 3. The molecule has 1 aliphatic rings. The molecule has 2 aromatic heterocycles. The maximum absolute atomic E-state index is 12.4. The molecule has 1 atom stereocenters. The van der Waals surface area contributed by atoms with E-state index in [2.05, 4.69) is 10.2 Å². The van der Waals surface area contributed by atoms with Crippen LogP contribution in [0.2, 0.25) is 0 Å². The van der Waals surface area contributed by atoms with Crippen molar-refractivity contribution in [1.29, 1.82) is 0 Å². The maximum Gasteiger partial charge on any atom is 0.233 e. The van der Waals surface area contributed by atoms with Crippen molar-refractivity contribution < 1.29 is 13.2 Å². The van der Waals surface area contributed by atoms with E-state index in [1.165, 1.54) is 11.8 Å². The number of thiazole rings is 1. The molecule has 1 amide bonds. The largest absolute Gasteiger partial charge is 0.341 e. The number of rotatable bonds is 4. The number of carbonyl (C=O) groups excluding carboxylic acids is 1. The molecule has 1 aromatic carbocycles. The fraction of sp³-hybridized carbons (Fsp3) is 0.400. The van der Waals surface area contributed by atoms with Crippen LogP contribution in [-0.2, 0) is 14.6 Å². The highest BCUT2D eigenvalue weighted by Gasteiger charge is 2.32. The average molecular weight is 397 g/mol. The summed E-state index contributed by atoms with van der Waals surface area (Å²) in [6.45, 7) is 0. The van der Waals surface area contributed by atoms with E-state index in [9.17, 15) is 13.2 Å². The van der Waals surface area contributed by atoms with Gasteiger partial charge in [0.05, 0.1) is 27.5 Å². The molecule has 3 heterocycles. The number of carbonyl (C=O) groups is 1. The van der Waals surface area contributed by atoms with Gasteiger partial charge in [-0.3, -0.25) is 9.20 Å². The Balaban J connectivity index is 1.49. The molecule has 0 N–H and O–H groups in total. The fourth-order valence-corrected chi connectivity index (χ4v) is 6.63. The second-order valence-corrected chi connectivity index (χ2v) is 10.2. The van der Waals surface area contributed by atoms with Gasteiger partial charge in [-0.15, -0.1) is 10.2 Å². The minimum atomic E-state index is -3.00. The zero-order valence-corrected chi connectivity index (χ0v) is 15.9. The molecule has 10 heteroatoms. The molecule has 7 nitrogen and oxygen atoms in total. The van der Waals surface area contributed by atoms with E-state index in [0.717, 1.165) is 15.2 Å². The Morgan fingerprint density at radius 2 is 2.20 bits per heavy atom. The van der Waals surface area contributed by atoms with Crippen LogP contribution in [0, 0.1) is 0 Å². The van der Waals surface area contributed by atoms with Gasteiger partial charge in [0.2, 0.25) is 10.9 Å². The van der Waals surface area contributed by atoms with Crippen LogP contribution in [0.4, 0.5) is 0 Å². The van der Waals surface area contributed by atoms with E-state index in [-0.39, 0.29) is 29.2 Å². The highest BCUT2D eigenvalue weighted by Crippen LogP contribution is 2.29. The van der Waals surface area contributed by atoms with Crippen LogP contribution >= 0.6 is 23.1 Å². The van der Waals surface area contributed by atoms with Crippen molar-refractivity contribution in [3.05, 3.63) is 24.3 Å². The van der Waals surface area contributed by atoms with E-state index in [1.807, 2.05) is 28.7 Å². The second-order valence-electron chi connectivity index (χ2n) is 6.02. The van der Waals surface area contributed by atoms with Gasteiger partial charge in [-0.25, -0.2) is 8.42 Å². The van der Waals surface area contributed by atoms with Crippen molar-refractivity contribution in [3.63, 3.8) is 0 Å². The van der Waals surface area contributed by atoms with Crippen molar-refractivity contribution >= 4 is 54.0 Å². The Kier molecular flexibility index (Phi) is 4.20. The van der Waals surface area contributed by atoms with Crippen LogP contribution < -0.4 is 0 Å². The van der Waals surface area contributed by atoms with Crippen LogP contribution in [0.3, 0.4) is 0 Å². The number of aromatic nitrogens is 3. The Morgan fingerprint density at radius 1 is 1.40 bits per heavy atom. The second kappa shape index (κ2) is 6.26. The Bertz CT molecular complexity index is 1060. The molecule has 25 heavy (non-hydrogen) atoms. The van der Waals surface area contributed by atoms with Crippen LogP contribution in [-0.4, -0.2) is 64.2 Å². The molecule has 0 radical (unpaired) electrons. The summed E-state index contributed by atoms with van der Waals surface area (Å²) in [6, 6.07) is 7.75. The Morgan fingerprint density at radius 3 is 2.96 bits per heavy atom. The molecule has 3 aromatic rings. The van der Waals surface area contributed by atoms with Crippen LogP contribution in [0.5, 0.6) is 0 Å². The van der Waals surface area contributed by atoms with Crippen LogP contribution in [0.25, 0.3) is 15.2 Å². The molecule has 0 saturated carbocycles. The predicted molar refractivity (Wildman–Crippen MR) is 98.9 cm³/mol. The molecule has 4 rings (SSSR count). The summed E-state index contributed by atoms with van der Waals surface area (Å²) in [7, 11) is -1.33. The van der Waals surface area contributed by atoms with Gasteiger partial charge in [0.1, 0.15) is 0 Å². The summed E-state index contributed by atoms with van der Waals surface area (Å²) in [6.07, 6.45) is 0.513. The van der Waals surface area contributed by atoms with Gasteiger partial charge in [-0.05, 0) is 18.6 Å². The number of thioether (sulfide) groups is 1. The topological polar surface area (TPSA) is 84.6 Å². The zero-order valence-electron chi connectivity index (χ0n) is 13.5. The third-order valence-corrected chi connectivity index (χ3v) is 8.06. The van der Waals surface area contributed by atoms with Gasteiger partial charge in [0, 0.05) is 13.1 Å². The number of para-hydroxylation sites is 1. The number of nitrogens with zero attached hydrogens (tertiary/aromatic N) is 4. The molecule has 1 aliphatic heterocycles. The SMILES string of the molecule is CN(C(=O)CSc1nnc2sc3ccccc3n12)C1CCS(=O)(=O)C1. The number of sulfone groups is 1. The van der Waals surface area contributed by atoms with E-state index in [0.29, 0.717) is 11.6 Å². The Hall–Kier alpha value is -1.65. The van der Waals surface area contributed by atoms with Crippen molar-refractivity contribution in [2.45, 2.75) is 17.6 Å². The first-order valence-corrected chi connectivity index (χ1v) is 11.4. The van der Waals surface area contributed by atoms with Gasteiger partial charge < -0.3 is 4.90 Å². The van der Waals surface area contributed by atoms with Crippen LogP contribution in [0.15, 0.2) is 29.4 Å². The summed E-state index contributed by atoms with van der Waals surface area (Å²) >= 11 is 2.88. The molecule has 132 valence electrons. The number of hydrogen-bond donors (Lipinski definition) is 0. The first-order chi connectivity index (χ1) is 11.9. The van der Waals surface area contributed by atoms with E-state index >= 15 is 0 Å². The van der Waals surface area contributed by atoms with E-state index < -0.39 is 9.84 Å². The molecule has 0 aliphatic carbocycles. The molecular formula is C15H16N4O3S3. The Labute approximate surface area is 152 Å². The first-order valence-electron chi connectivity index (χ1n) is 7.76. The quantitative estimate of drug-likeness (QED) is 0.624. The predicted octanol–water partition coefficient (Wildman–Crippen LogP) is 1.68. The van der Waals surface area contributed by atoms with Gasteiger partial charge >= 0.3 is 0 Å². The summed E-state index contributed by atoms with van der Waals surface area (Å²) < 4.78 is 26.3. The lowest BCUT2D eigenvalue weighted by Gasteiger charge is -2.23. The molecular weight excluding hydrogens is 380 g/mol. The molecule has 1 saturated heterocycles. The average Bonchev–Trinajstić information content (AvgIpc) is 3.25. The van der Waals surface area contributed by atoms with Crippen LogP contribution in [0.1, 0.15) is 6.42 Å². The highest BCUT2D eigenvalue weighted by atomic mass is 32.2. The van der Waals surface area contributed by atoms with Gasteiger partial charge in [0.15, 0.2) is 15.0 Å². The standard InChI is InChI=1S/C15H16N4O3S3/c1-18(10-6-7-25(21,22)9-10)13(20)8-23-14-16-17-15-19(14)11-4-2-3-5-12(11)24-15/h2-5,10H,6-9H2,1H3. The third kappa shape index (κ3) is 3.13. The van der Waals surface area contributed by atoms with Gasteiger partial charge in [0.25, 0.3) is 0 Å². The maximum atomic E-state index is 12.4. The lowest BCUT2D eigenvalue weighted by Crippen LogP contribution is -2.38. The van der Waals surface area contributed by atoms with Gasteiger partial charge in [-0.2, -0.15) is 0 Å². The summed E-state index contributed by atoms with van der Waals surface area (Å²) in [5, 5.41) is 9.03. The molecule has 0 spiro atoms. The first kappa shape index (κ1) is 16.8. The van der Waals surface area contributed by atoms with Gasteiger partial charge in [-0.1, -0.05) is 35.2 Å². The number of hydrogen-bond acceptors (Lipinski definition) is 7. The summed E-state index contributed by atoms with van der Waals surface area (Å²) in [5.41, 5.74) is 1.03. The lowest BCUT2D eigenvalue weighted by molar-refractivity contribution is -0.128. The zero-order chi connectivity index (χ0) is 17.6. The van der Waals surface area contributed by atoms with Crippen molar-refractivity contribution in [1.82, 2.24) is 19.5 Å². The lowest BCUT2D eigenvalue weighted by atomic mass is 10.2.